The Morgan fingerprint density at radius 2 is 2.26 bits per heavy atom. The molecule has 1 aromatic carbocycles. The summed E-state index contributed by atoms with van der Waals surface area (Å²) in [6, 6.07) is 5.02. The van der Waals surface area contributed by atoms with Crippen LogP contribution in [0.4, 0.5) is 5.69 Å². The first-order chi connectivity index (χ1) is 9.13. The second-order valence-electron chi connectivity index (χ2n) is 4.68. The van der Waals surface area contributed by atoms with Crippen molar-refractivity contribution >= 4 is 17.5 Å². The summed E-state index contributed by atoms with van der Waals surface area (Å²) in [5.41, 5.74) is 2.31. The second kappa shape index (κ2) is 5.84. The molecule has 0 bridgehead atoms. The Labute approximate surface area is 112 Å². The van der Waals surface area contributed by atoms with Crippen molar-refractivity contribution in [3.8, 4) is 0 Å². The van der Waals surface area contributed by atoms with Gasteiger partial charge in [-0.3, -0.25) is 9.59 Å². The third-order valence-corrected chi connectivity index (χ3v) is 3.31. The normalized spacial score (nSPS) is 15.4. The van der Waals surface area contributed by atoms with E-state index in [1.54, 1.807) is 18.2 Å². The van der Waals surface area contributed by atoms with E-state index in [1.165, 1.54) is 0 Å². The van der Waals surface area contributed by atoms with E-state index in [0.29, 0.717) is 24.8 Å². The van der Waals surface area contributed by atoms with Gasteiger partial charge in [0.1, 0.15) is 0 Å². The van der Waals surface area contributed by atoms with Crippen LogP contribution in [-0.4, -0.2) is 29.6 Å². The molecule has 1 atom stereocenters. The second-order valence-corrected chi connectivity index (χ2v) is 4.68. The lowest BCUT2D eigenvalue weighted by Crippen LogP contribution is -2.37. The third-order valence-electron chi connectivity index (χ3n) is 3.31. The Morgan fingerprint density at radius 1 is 1.47 bits per heavy atom. The van der Waals surface area contributed by atoms with E-state index < -0.39 is 0 Å². The Balaban J connectivity index is 2.13. The maximum Gasteiger partial charge on any atom is 0.251 e. The molecule has 1 aliphatic heterocycles. The van der Waals surface area contributed by atoms with Gasteiger partial charge >= 0.3 is 0 Å². The Bertz CT molecular complexity index is 495. The zero-order valence-electron chi connectivity index (χ0n) is 10.9. The number of anilines is 1. The molecule has 5 nitrogen and oxygen atoms in total. The number of amides is 2. The van der Waals surface area contributed by atoms with E-state index in [9.17, 15) is 9.59 Å². The number of rotatable bonds is 4. The van der Waals surface area contributed by atoms with Crippen LogP contribution in [-0.2, 0) is 11.2 Å². The Hall–Kier alpha value is -1.88. The third kappa shape index (κ3) is 3.12. The molecular formula is C14H18N2O3. The molecule has 102 valence electrons. The van der Waals surface area contributed by atoms with Crippen LogP contribution in [0.3, 0.4) is 0 Å². The number of carbonyl (C=O) groups is 2. The number of carbonyl (C=O) groups excluding carboxylic acids is 2. The SMILES string of the molecule is CC[C@H](CO)NC(=O)c1ccc2c(c1)CCC(=O)N2. The molecule has 0 radical (unpaired) electrons. The number of aliphatic hydroxyl groups is 1. The molecule has 1 heterocycles. The van der Waals surface area contributed by atoms with Crippen LogP contribution in [0.2, 0.25) is 0 Å². The first kappa shape index (κ1) is 13.5. The molecular weight excluding hydrogens is 244 g/mol. The van der Waals surface area contributed by atoms with E-state index in [0.717, 1.165) is 11.3 Å². The van der Waals surface area contributed by atoms with Crippen molar-refractivity contribution in [1.82, 2.24) is 5.32 Å². The fraction of sp³-hybridized carbons (Fsp3) is 0.429. The molecule has 0 unspecified atom stereocenters. The summed E-state index contributed by atoms with van der Waals surface area (Å²) in [7, 11) is 0. The molecule has 0 saturated heterocycles. The summed E-state index contributed by atoms with van der Waals surface area (Å²) >= 11 is 0. The fourth-order valence-corrected chi connectivity index (χ4v) is 2.07. The van der Waals surface area contributed by atoms with Crippen molar-refractivity contribution < 1.29 is 14.7 Å². The van der Waals surface area contributed by atoms with Crippen LogP contribution in [0.25, 0.3) is 0 Å². The van der Waals surface area contributed by atoms with Crippen LogP contribution < -0.4 is 10.6 Å². The van der Waals surface area contributed by atoms with Crippen molar-refractivity contribution in [3.63, 3.8) is 0 Å². The van der Waals surface area contributed by atoms with Gasteiger partial charge in [0.15, 0.2) is 0 Å². The summed E-state index contributed by atoms with van der Waals surface area (Å²) in [5.74, 6) is -0.184. The van der Waals surface area contributed by atoms with Gasteiger partial charge in [0.2, 0.25) is 5.91 Å². The molecule has 5 heteroatoms. The molecule has 3 N–H and O–H groups in total. The molecule has 2 amide bonds. The van der Waals surface area contributed by atoms with Crippen molar-refractivity contribution in [3.05, 3.63) is 29.3 Å². The summed E-state index contributed by atoms with van der Waals surface area (Å²) in [6.07, 6.45) is 1.79. The lowest BCUT2D eigenvalue weighted by atomic mass is 10.00. The molecule has 0 spiro atoms. The highest BCUT2D eigenvalue weighted by Crippen LogP contribution is 2.23. The standard InChI is InChI=1S/C14H18N2O3/c1-2-11(8-17)15-14(19)10-3-5-12-9(7-10)4-6-13(18)16-12/h3,5,7,11,17H,2,4,6,8H2,1H3,(H,15,19)(H,16,18)/t11-/m1/s1. The van der Waals surface area contributed by atoms with Crippen LogP contribution in [0, 0.1) is 0 Å². The number of benzene rings is 1. The topological polar surface area (TPSA) is 78.4 Å². The minimum absolute atomic E-state index is 0.0102. The Kier molecular flexibility index (Phi) is 4.16. The van der Waals surface area contributed by atoms with Gasteiger partial charge in [0.05, 0.1) is 12.6 Å². The van der Waals surface area contributed by atoms with E-state index in [2.05, 4.69) is 10.6 Å². The molecule has 0 saturated carbocycles. The van der Waals surface area contributed by atoms with Gasteiger partial charge < -0.3 is 15.7 Å². The Morgan fingerprint density at radius 3 is 2.95 bits per heavy atom. The number of hydrogen-bond acceptors (Lipinski definition) is 3. The monoisotopic (exact) mass is 262 g/mol. The highest BCUT2D eigenvalue weighted by Gasteiger charge is 2.17. The molecule has 19 heavy (non-hydrogen) atoms. The molecule has 1 aromatic rings. The lowest BCUT2D eigenvalue weighted by Gasteiger charge is -2.18. The van der Waals surface area contributed by atoms with Gasteiger partial charge in [-0.25, -0.2) is 0 Å². The van der Waals surface area contributed by atoms with E-state index in [4.69, 9.17) is 5.11 Å². The van der Waals surface area contributed by atoms with Crippen LogP contribution in [0.15, 0.2) is 18.2 Å². The number of aryl methyl sites for hydroxylation is 1. The highest BCUT2D eigenvalue weighted by molar-refractivity contribution is 5.98. The average molecular weight is 262 g/mol. The van der Waals surface area contributed by atoms with Gasteiger partial charge in [0, 0.05) is 17.7 Å². The number of nitrogens with one attached hydrogen (secondary N) is 2. The molecule has 0 aliphatic carbocycles. The summed E-state index contributed by atoms with van der Waals surface area (Å²) in [6.45, 7) is 1.84. The van der Waals surface area contributed by atoms with Gasteiger partial charge in [-0.1, -0.05) is 6.92 Å². The maximum atomic E-state index is 12.0. The predicted molar refractivity (Wildman–Crippen MR) is 72.0 cm³/mol. The highest BCUT2D eigenvalue weighted by atomic mass is 16.3. The number of hydrogen-bond donors (Lipinski definition) is 3. The quantitative estimate of drug-likeness (QED) is 0.759. The first-order valence-electron chi connectivity index (χ1n) is 6.48. The number of fused-ring (bicyclic) bond motifs is 1. The van der Waals surface area contributed by atoms with Crippen molar-refractivity contribution in [1.29, 1.82) is 0 Å². The van der Waals surface area contributed by atoms with Crippen molar-refractivity contribution in [2.24, 2.45) is 0 Å². The zero-order chi connectivity index (χ0) is 13.8. The van der Waals surface area contributed by atoms with Crippen LogP contribution in [0.1, 0.15) is 35.7 Å². The smallest absolute Gasteiger partial charge is 0.251 e. The van der Waals surface area contributed by atoms with E-state index in [-0.39, 0.29) is 24.5 Å². The van der Waals surface area contributed by atoms with Gasteiger partial charge in [-0.05, 0) is 36.6 Å². The van der Waals surface area contributed by atoms with Gasteiger partial charge in [-0.2, -0.15) is 0 Å². The molecule has 1 aliphatic rings. The zero-order valence-corrected chi connectivity index (χ0v) is 10.9. The van der Waals surface area contributed by atoms with Crippen molar-refractivity contribution in [2.45, 2.75) is 32.2 Å². The first-order valence-corrected chi connectivity index (χ1v) is 6.48. The van der Waals surface area contributed by atoms with Gasteiger partial charge in [-0.15, -0.1) is 0 Å². The summed E-state index contributed by atoms with van der Waals surface area (Å²) in [5, 5.41) is 14.6. The minimum atomic E-state index is -0.219. The van der Waals surface area contributed by atoms with E-state index >= 15 is 0 Å². The average Bonchev–Trinajstić information content (AvgIpc) is 2.43. The molecule has 2 rings (SSSR count). The van der Waals surface area contributed by atoms with Gasteiger partial charge in [0.25, 0.3) is 5.91 Å². The number of aliphatic hydroxyl groups excluding tert-OH is 1. The maximum absolute atomic E-state index is 12.0. The van der Waals surface area contributed by atoms with Crippen molar-refractivity contribution in [2.75, 3.05) is 11.9 Å². The van der Waals surface area contributed by atoms with Crippen LogP contribution in [0.5, 0.6) is 0 Å². The summed E-state index contributed by atoms with van der Waals surface area (Å²) < 4.78 is 0. The largest absolute Gasteiger partial charge is 0.394 e. The van der Waals surface area contributed by atoms with Crippen LogP contribution >= 0.6 is 0 Å². The predicted octanol–water partition coefficient (Wildman–Crippen LogP) is 1.07. The summed E-state index contributed by atoms with van der Waals surface area (Å²) in [4.78, 5) is 23.3. The fourth-order valence-electron chi connectivity index (χ4n) is 2.07. The lowest BCUT2D eigenvalue weighted by molar-refractivity contribution is -0.116. The molecule has 0 fully saturated rings. The van der Waals surface area contributed by atoms with E-state index in [1.807, 2.05) is 6.92 Å². The minimum Gasteiger partial charge on any atom is -0.394 e. The molecule has 0 aromatic heterocycles.